The van der Waals surface area contributed by atoms with Crippen LogP contribution in [0.15, 0.2) is 91.0 Å². The van der Waals surface area contributed by atoms with Crippen molar-refractivity contribution in [2.75, 3.05) is 11.9 Å². The summed E-state index contributed by atoms with van der Waals surface area (Å²) in [5.74, 6) is -0.100. The summed E-state index contributed by atoms with van der Waals surface area (Å²) in [6, 6.07) is 32.3. The van der Waals surface area contributed by atoms with Gasteiger partial charge in [0, 0.05) is 11.8 Å². The summed E-state index contributed by atoms with van der Waals surface area (Å²) < 4.78 is 4.68. The highest BCUT2D eigenvalue weighted by atomic mass is 79.9. The zero-order valence-corrected chi connectivity index (χ0v) is 18.6. The first kappa shape index (κ1) is 22.3. The van der Waals surface area contributed by atoms with Crippen molar-refractivity contribution in [1.29, 1.82) is 0 Å². The fourth-order valence-electron chi connectivity index (χ4n) is 2.62. The molecule has 0 N–H and O–H groups in total. The van der Waals surface area contributed by atoms with Crippen LogP contribution in [0.5, 0.6) is 0 Å². The van der Waals surface area contributed by atoms with Crippen LogP contribution in [0, 0.1) is 0 Å². The van der Waals surface area contributed by atoms with E-state index in [0.717, 1.165) is 11.8 Å². The zero-order valence-electron chi connectivity index (χ0n) is 16.1. The normalized spacial score (nSPS) is 10.1. The van der Waals surface area contributed by atoms with E-state index in [4.69, 9.17) is 0 Å². The zero-order chi connectivity index (χ0) is 20.0. The van der Waals surface area contributed by atoms with Crippen molar-refractivity contribution in [3.8, 4) is 0 Å². The van der Waals surface area contributed by atoms with Crippen LogP contribution < -0.4 is 15.9 Å². The highest BCUT2D eigenvalue weighted by Gasteiger charge is 2.14. The molecule has 0 amide bonds. The molecule has 3 aromatic rings. The van der Waals surface area contributed by atoms with Crippen LogP contribution >= 0.6 is 23.9 Å². The van der Waals surface area contributed by atoms with Gasteiger partial charge in [0.15, 0.2) is 0 Å². The molecule has 0 bridgehead atoms. The van der Waals surface area contributed by atoms with Crippen molar-refractivity contribution in [3.63, 3.8) is 0 Å². The topological polar surface area (TPSA) is 26.3 Å². The number of ether oxygens (including phenoxy) is 1. The molecule has 0 aliphatic carbocycles. The van der Waals surface area contributed by atoms with Gasteiger partial charge in [-0.05, 0) is 37.2 Å². The van der Waals surface area contributed by atoms with Gasteiger partial charge in [-0.25, -0.2) is 0 Å². The number of benzene rings is 3. The van der Waals surface area contributed by atoms with E-state index in [1.165, 1.54) is 15.9 Å². The monoisotopic (exact) mass is 456 g/mol. The Labute approximate surface area is 177 Å². The van der Waals surface area contributed by atoms with Crippen LogP contribution in [0.1, 0.15) is 19.8 Å². The first-order valence-corrected chi connectivity index (χ1v) is 11.9. The quantitative estimate of drug-likeness (QED) is 0.278. The molecule has 3 rings (SSSR count). The second kappa shape index (κ2) is 13.3. The molecule has 0 saturated carbocycles. The molecule has 0 heterocycles. The highest BCUT2D eigenvalue weighted by Crippen LogP contribution is 2.32. The number of esters is 1. The van der Waals surface area contributed by atoms with Gasteiger partial charge in [0.2, 0.25) is 0 Å². The molecule has 2 nitrogen and oxygen atoms in total. The molecule has 0 fully saturated rings. The molecule has 0 spiro atoms. The lowest BCUT2D eigenvalue weighted by atomic mass is 10.3. The van der Waals surface area contributed by atoms with Gasteiger partial charge >= 0.3 is 5.97 Å². The van der Waals surface area contributed by atoms with Crippen molar-refractivity contribution in [2.24, 2.45) is 0 Å². The first-order valence-electron chi connectivity index (χ1n) is 9.43. The Morgan fingerprint density at radius 3 is 1.50 bits per heavy atom. The molecule has 0 radical (unpaired) electrons. The van der Waals surface area contributed by atoms with E-state index in [2.05, 4.69) is 112 Å². The predicted octanol–water partition coefficient (Wildman–Crippen LogP) is 5.17. The van der Waals surface area contributed by atoms with Crippen LogP contribution in [0.4, 0.5) is 0 Å². The van der Waals surface area contributed by atoms with Crippen LogP contribution in [-0.2, 0) is 9.53 Å². The van der Waals surface area contributed by atoms with Crippen molar-refractivity contribution in [2.45, 2.75) is 19.8 Å². The summed E-state index contributed by atoms with van der Waals surface area (Å²) in [6.45, 7) is 2.30. The Balaban J connectivity index is 0.000000266. The van der Waals surface area contributed by atoms with Gasteiger partial charge in [-0.3, -0.25) is 4.79 Å². The Kier molecular flexibility index (Phi) is 10.6. The molecular formula is C24H26BrO2P. The fraction of sp³-hybridized carbons (Fsp3) is 0.208. The molecule has 146 valence electrons. The number of hydrogen-bond donors (Lipinski definition) is 0. The van der Waals surface area contributed by atoms with Gasteiger partial charge in [-0.1, -0.05) is 107 Å². The largest absolute Gasteiger partial charge is 0.466 e. The van der Waals surface area contributed by atoms with E-state index in [1.54, 1.807) is 0 Å². The standard InChI is InChI=1S/C18H15P.C6H11BrO2/c1-4-10-16(11-5-1)19(17-12-6-2-7-13-17)18-14-8-3-9-15-18;1-2-9-6(8)4-3-5-7/h1-15H;2-5H2,1H3. The minimum Gasteiger partial charge on any atom is -0.466 e. The molecule has 0 aliphatic rings. The van der Waals surface area contributed by atoms with Crippen molar-refractivity contribution in [1.82, 2.24) is 0 Å². The average molecular weight is 457 g/mol. The van der Waals surface area contributed by atoms with E-state index in [9.17, 15) is 4.79 Å². The molecule has 3 aromatic carbocycles. The van der Waals surface area contributed by atoms with Crippen molar-refractivity contribution >= 4 is 45.7 Å². The summed E-state index contributed by atoms with van der Waals surface area (Å²) in [5, 5.41) is 5.06. The smallest absolute Gasteiger partial charge is 0.305 e. The van der Waals surface area contributed by atoms with Gasteiger partial charge in [-0.15, -0.1) is 0 Å². The molecular weight excluding hydrogens is 431 g/mol. The van der Waals surface area contributed by atoms with E-state index < -0.39 is 7.92 Å². The molecule has 0 atom stereocenters. The number of carbonyl (C=O) groups is 1. The van der Waals surface area contributed by atoms with Gasteiger partial charge in [0.25, 0.3) is 0 Å². The predicted molar refractivity (Wildman–Crippen MR) is 125 cm³/mol. The average Bonchev–Trinajstić information content (AvgIpc) is 2.75. The van der Waals surface area contributed by atoms with Crippen LogP contribution in [-0.4, -0.2) is 17.9 Å². The Bertz CT molecular complexity index is 701. The minimum atomic E-state index is -0.446. The Morgan fingerprint density at radius 2 is 1.18 bits per heavy atom. The Morgan fingerprint density at radius 1 is 0.786 bits per heavy atom. The van der Waals surface area contributed by atoms with Crippen LogP contribution in [0.3, 0.4) is 0 Å². The summed E-state index contributed by atoms with van der Waals surface area (Å²) in [6.07, 6.45) is 1.39. The lowest BCUT2D eigenvalue weighted by Crippen LogP contribution is -2.20. The molecule has 0 aliphatic heterocycles. The van der Waals surface area contributed by atoms with E-state index >= 15 is 0 Å². The number of rotatable bonds is 7. The lowest BCUT2D eigenvalue weighted by Gasteiger charge is -2.18. The van der Waals surface area contributed by atoms with Gasteiger partial charge < -0.3 is 4.74 Å². The molecule has 0 unspecified atom stereocenters. The molecule has 0 aromatic heterocycles. The minimum absolute atomic E-state index is 0.100. The Hall–Kier alpha value is -1.96. The summed E-state index contributed by atoms with van der Waals surface area (Å²) in [5.41, 5.74) is 0. The number of alkyl halides is 1. The maximum Gasteiger partial charge on any atom is 0.305 e. The second-order valence-electron chi connectivity index (χ2n) is 5.94. The maximum atomic E-state index is 10.6. The van der Waals surface area contributed by atoms with Crippen molar-refractivity contribution in [3.05, 3.63) is 91.0 Å². The summed E-state index contributed by atoms with van der Waals surface area (Å²) >= 11 is 3.22. The van der Waals surface area contributed by atoms with Gasteiger partial charge in [0.1, 0.15) is 0 Å². The molecule has 28 heavy (non-hydrogen) atoms. The van der Waals surface area contributed by atoms with Gasteiger partial charge in [0.05, 0.1) is 6.61 Å². The third-order valence-corrected chi connectivity index (χ3v) is 6.87. The first-order chi connectivity index (χ1) is 13.8. The highest BCUT2D eigenvalue weighted by molar-refractivity contribution is 9.09. The maximum absolute atomic E-state index is 10.6. The van der Waals surface area contributed by atoms with E-state index in [0.29, 0.717) is 13.0 Å². The van der Waals surface area contributed by atoms with E-state index in [1.807, 2.05) is 6.92 Å². The third-order valence-electron chi connectivity index (χ3n) is 3.86. The molecule has 4 heteroatoms. The fourth-order valence-corrected chi connectivity index (χ4v) is 5.21. The number of carbonyl (C=O) groups excluding carboxylic acids is 1. The van der Waals surface area contributed by atoms with Gasteiger partial charge in [-0.2, -0.15) is 0 Å². The number of hydrogen-bond acceptors (Lipinski definition) is 2. The van der Waals surface area contributed by atoms with E-state index in [-0.39, 0.29) is 5.97 Å². The lowest BCUT2D eigenvalue weighted by molar-refractivity contribution is -0.143. The second-order valence-corrected chi connectivity index (χ2v) is 8.95. The summed E-state index contributed by atoms with van der Waals surface area (Å²) in [7, 11) is -0.446. The van der Waals surface area contributed by atoms with Crippen LogP contribution in [0.2, 0.25) is 0 Å². The SMILES string of the molecule is CCOC(=O)CCCBr.c1ccc(P(c2ccccc2)c2ccccc2)cc1. The van der Waals surface area contributed by atoms with Crippen LogP contribution in [0.25, 0.3) is 0 Å². The number of halogens is 1. The third kappa shape index (κ3) is 7.58. The molecule has 0 saturated heterocycles. The summed E-state index contributed by atoms with van der Waals surface area (Å²) in [4.78, 5) is 10.6. The van der Waals surface area contributed by atoms with Crippen molar-refractivity contribution < 1.29 is 9.53 Å².